The first-order valence-electron chi connectivity index (χ1n) is 13.1. The second kappa shape index (κ2) is 11.0. The number of nitrogens with one attached hydrogen (secondary N) is 1. The maximum Gasteiger partial charge on any atom is 0.224 e. The van der Waals surface area contributed by atoms with Crippen LogP contribution < -0.4 is 14.9 Å². The van der Waals surface area contributed by atoms with Crippen molar-refractivity contribution in [1.29, 1.82) is 0 Å². The summed E-state index contributed by atoms with van der Waals surface area (Å²) in [4.78, 5) is 17.0. The van der Waals surface area contributed by atoms with Crippen LogP contribution in [0.2, 0.25) is 11.5 Å². The summed E-state index contributed by atoms with van der Waals surface area (Å²) >= 11 is 13.0. The number of aryl methyl sites for hydroxylation is 2. The Balaban J connectivity index is 1.28. The van der Waals surface area contributed by atoms with Crippen molar-refractivity contribution in [2.75, 3.05) is 36.5 Å². The van der Waals surface area contributed by atoms with Gasteiger partial charge < -0.3 is 14.9 Å². The van der Waals surface area contributed by atoms with E-state index in [1.54, 1.807) is 0 Å². The zero-order valence-corrected chi connectivity index (χ0v) is 22.9. The van der Waals surface area contributed by atoms with E-state index in [9.17, 15) is 4.79 Å². The monoisotopic (exact) mass is 518 g/mol. The van der Waals surface area contributed by atoms with Crippen LogP contribution in [0.3, 0.4) is 0 Å². The predicted octanol–water partition coefficient (Wildman–Crippen LogP) is 6.81. The van der Waals surface area contributed by atoms with Gasteiger partial charge in [-0.1, -0.05) is 42.3 Å². The van der Waals surface area contributed by atoms with Gasteiger partial charge in [-0.3, -0.25) is 9.69 Å². The lowest BCUT2D eigenvalue weighted by Gasteiger charge is -2.46. The minimum Gasteiger partial charge on any atom is -0.493 e. The van der Waals surface area contributed by atoms with Gasteiger partial charge >= 0.3 is 0 Å². The van der Waals surface area contributed by atoms with Gasteiger partial charge in [-0.05, 0) is 75.8 Å². The van der Waals surface area contributed by atoms with Gasteiger partial charge in [0.05, 0.1) is 22.3 Å². The Bertz CT molecular complexity index is 1120. The van der Waals surface area contributed by atoms with E-state index in [2.05, 4.69) is 35.8 Å². The first kappa shape index (κ1) is 24.7. The fourth-order valence-electron chi connectivity index (χ4n) is 5.44. The van der Waals surface area contributed by atoms with Gasteiger partial charge in [0, 0.05) is 43.3 Å². The molecule has 2 aliphatic heterocycles. The Morgan fingerprint density at radius 1 is 1.06 bits per heavy atom. The third kappa shape index (κ3) is 5.73. The quantitative estimate of drug-likeness (QED) is 0.408. The molecule has 2 aliphatic rings. The lowest BCUT2D eigenvalue weighted by molar-refractivity contribution is -0.116. The Morgan fingerprint density at radius 3 is 2.49 bits per heavy atom. The maximum absolute atomic E-state index is 12.1. The molecule has 1 N–H and O–H groups in total. The highest BCUT2D eigenvalue weighted by Gasteiger charge is 2.31. The SMILES string of the molecule is [2H]N1C(=O)CC(C)c2cc(C)c(OCCCCN3CC(C)N(c4ccc(C)c(Cl)c4Cl)C(C)C3)cc21. The van der Waals surface area contributed by atoms with Gasteiger partial charge in [0.1, 0.15) is 5.75 Å². The van der Waals surface area contributed by atoms with E-state index in [1.807, 2.05) is 32.9 Å². The van der Waals surface area contributed by atoms with Crippen LogP contribution in [0.1, 0.15) is 62.6 Å². The van der Waals surface area contributed by atoms with Crippen LogP contribution in [0, 0.1) is 13.8 Å². The number of anilines is 2. The van der Waals surface area contributed by atoms with Crippen LogP contribution in [-0.4, -0.2) is 49.1 Å². The molecule has 4 rings (SSSR count). The van der Waals surface area contributed by atoms with E-state index < -0.39 is 0 Å². The standard InChI is InChI=1S/C28H37Cl2N3O2/c1-17-8-9-24(28(30)27(17)29)33-20(4)15-32(16-21(33)5)10-6-7-11-35-25-14-23-22(12-19(25)3)18(2)13-26(34)31-23/h8-9,12,14,18,20-21H,6-7,10-11,13,15-16H2,1-5H3,(H,31,34)/i/hD. The summed E-state index contributed by atoms with van der Waals surface area (Å²) in [6.45, 7) is 14.1. The fourth-order valence-corrected chi connectivity index (χ4v) is 5.91. The molecule has 1 saturated heterocycles. The number of benzene rings is 2. The molecule has 2 aromatic rings. The molecule has 0 radical (unpaired) electrons. The molecule has 5 nitrogen and oxygen atoms in total. The van der Waals surface area contributed by atoms with E-state index in [4.69, 9.17) is 29.4 Å². The van der Waals surface area contributed by atoms with Gasteiger partial charge in [0.25, 0.3) is 0 Å². The van der Waals surface area contributed by atoms with E-state index in [1.165, 1.54) is 0 Å². The summed E-state index contributed by atoms with van der Waals surface area (Å²) < 4.78 is 14.2. The first-order chi connectivity index (χ1) is 17.1. The molecule has 3 unspecified atom stereocenters. The van der Waals surface area contributed by atoms with Crippen molar-refractivity contribution in [1.82, 2.24) is 4.90 Å². The molecule has 190 valence electrons. The summed E-state index contributed by atoms with van der Waals surface area (Å²) in [6, 6.07) is 8.72. The maximum atomic E-state index is 12.1. The van der Waals surface area contributed by atoms with Gasteiger partial charge in [-0.25, -0.2) is 0 Å². The smallest absolute Gasteiger partial charge is 0.224 e. The molecular weight excluding hydrogens is 481 g/mol. The van der Waals surface area contributed by atoms with Crippen LogP contribution in [0.25, 0.3) is 0 Å². The molecular formula is C28H37Cl2N3O2. The second-order valence-corrected chi connectivity index (χ2v) is 11.0. The molecule has 3 atom stereocenters. The third-order valence-electron chi connectivity index (χ3n) is 7.24. The number of carbonyl (C=O) groups excluding carboxylic acids is 1. The highest BCUT2D eigenvalue weighted by molar-refractivity contribution is 6.44. The summed E-state index contributed by atoms with van der Waals surface area (Å²) in [5, 5.41) is 2.30. The van der Waals surface area contributed by atoms with Crippen molar-refractivity contribution in [3.8, 4) is 5.75 Å². The number of hydrogen-bond donors (Lipinski definition) is 1. The molecule has 35 heavy (non-hydrogen) atoms. The predicted molar refractivity (Wildman–Crippen MR) is 147 cm³/mol. The molecule has 0 aliphatic carbocycles. The van der Waals surface area contributed by atoms with Crippen LogP contribution >= 0.6 is 23.2 Å². The third-order valence-corrected chi connectivity index (χ3v) is 8.20. The largest absolute Gasteiger partial charge is 0.493 e. The van der Waals surface area contributed by atoms with E-state index >= 15 is 0 Å². The average Bonchev–Trinajstić information content (AvgIpc) is 2.82. The van der Waals surface area contributed by atoms with Crippen LogP contribution in [0.5, 0.6) is 5.75 Å². The number of halogens is 2. The molecule has 1 fully saturated rings. The van der Waals surface area contributed by atoms with E-state index in [0.717, 1.165) is 65.9 Å². The number of amides is 1. The number of carbonyl (C=O) groups is 1. The Kier molecular flexibility index (Phi) is 7.76. The molecule has 0 spiro atoms. The summed E-state index contributed by atoms with van der Waals surface area (Å²) in [6.07, 6.45) is 2.37. The van der Waals surface area contributed by atoms with Gasteiger partial charge in [0.2, 0.25) is 5.91 Å². The van der Waals surface area contributed by atoms with Crippen molar-refractivity contribution in [2.24, 2.45) is 0 Å². The lowest BCUT2D eigenvalue weighted by Crippen LogP contribution is -2.57. The Hall–Kier alpha value is -1.95. The minimum absolute atomic E-state index is 0.131. The summed E-state index contributed by atoms with van der Waals surface area (Å²) in [5.74, 6) is 0.726. The number of ether oxygens (including phenoxy) is 1. The lowest BCUT2D eigenvalue weighted by atomic mass is 9.91. The van der Waals surface area contributed by atoms with Crippen LogP contribution in [-0.2, 0) is 4.79 Å². The first-order valence-corrected chi connectivity index (χ1v) is 13.4. The molecule has 7 heteroatoms. The number of rotatable bonds is 7. The van der Waals surface area contributed by atoms with E-state index in [0.29, 0.717) is 40.8 Å². The van der Waals surface area contributed by atoms with Crippen molar-refractivity contribution in [2.45, 2.75) is 71.9 Å². The second-order valence-electron chi connectivity index (χ2n) is 10.2. The number of piperazine rings is 1. The molecule has 2 heterocycles. The number of hydrogen-bond acceptors (Lipinski definition) is 4. The van der Waals surface area contributed by atoms with Crippen molar-refractivity contribution >= 4 is 40.5 Å². The van der Waals surface area contributed by atoms with Crippen LogP contribution in [0.15, 0.2) is 24.3 Å². The fraction of sp³-hybridized carbons (Fsp3) is 0.536. The molecule has 0 bridgehead atoms. The van der Waals surface area contributed by atoms with Crippen molar-refractivity contribution < 1.29 is 10.9 Å². The van der Waals surface area contributed by atoms with Crippen molar-refractivity contribution in [3.63, 3.8) is 0 Å². The zero-order chi connectivity index (χ0) is 26.1. The van der Waals surface area contributed by atoms with Gasteiger partial charge in [-0.15, -0.1) is 0 Å². The topological polar surface area (TPSA) is 44.8 Å². The van der Waals surface area contributed by atoms with Gasteiger partial charge in [-0.2, -0.15) is 0 Å². The zero-order valence-electron chi connectivity index (χ0n) is 22.4. The van der Waals surface area contributed by atoms with Gasteiger partial charge in [0.15, 0.2) is 1.41 Å². The summed E-state index contributed by atoms with van der Waals surface area (Å²) in [7, 11) is 0. The molecule has 0 aromatic heterocycles. The highest BCUT2D eigenvalue weighted by Crippen LogP contribution is 2.38. The highest BCUT2D eigenvalue weighted by atomic mass is 35.5. The number of unbranched alkanes of at least 4 members (excludes halogenated alkanes) is 1. The van der Waals surface area contributed by atoms with Crippen molar-refractivity contribution in [3.05, 3.63) is 51.0 Å². The molecule has 2 aromatic carbocycles. The van der Waals surface area contributed by atoms with E-state index in [-0.39, 0.29) is 11.8 Å². The number of fused-ring (bicyclic) bond motifs is 1. The number of nitrogens with zero attached hydrogens (tertiary/aromatic N) is 2. The molecule has 0 saturated carbocycles. The Morgan fingerprint density at radius 2 is 1.77 bits per heavy atom. The normalized spacial score (nSPS) is 23.3. The average molecular weight is 520 g/mol. The molecule has 1 amide bonds. The van der Waals surface area contributed by atoms with Crippen LogP contribution in [0.4, 0.5) is 11.4 Å². The Labute approximate surface area is 221 Å². The minimum atomic E-state index is -0.166. The summed E-state index contributed by atoms with van der Waals surface area (Å²) in [5.41, 5.74) is 4.76.